The van der Waals surface area contributed by atoms with E-state index in [1.165, 1.54) is 0 Å². The van der Waals surface area contributed by atoms with Crippen LogP contribution >= 0.6 is 0 Å². The van der Waals surface area contributed by atoms with Crippen LogP contribution in [-0.4, -0.2) is 50.2 Å². The van der Waals surface area contributed by atoms with Gasteiger partial charge < -0.3 is 25.4 Å². The second-order valence-corrected chi connectivity index (χ2v) is 6.04. The van der Waals surface area contributed by atoms with E-state index >= 15 is 0 Å². The molecule has 1 heterocycles. The summed E-state index contributed by atoms with van der Waals surface area (Å²) in [5.41, 5.74) is 1.78. The van der Waals surface area contributed by atoms with Gasteiger partial charge in [-0.1, -0.05) is 6.07 Å². The number of guanidine groups is 1. The molecule has 3 N–H and O–H groups in total. The number of benzene rings is 1. The predicted octanol–water partition coefficient (Wildman–Crippen LogP) is 2.23. The van der Waals surface area contributed by atoms with Gasteiger partial charge in [0.2, 0.25) is 5.91 Å². The molecule has 0 saturated heterocycles. The molecule has 2 rings (SSSR count). The molecule has 2 aromatic rings. The Balaban J connectivity index is 1.79. The number of hydrogen-bond acceptors (Lipinski definition) is 5. The zero-order chi connectivity index (χ0) is 20.9. The van der Waals surface area contributed by atoms with Crippen molar-refractivity contribution in [3.63, 3.8) is 0 Å². The van der Waals surface area contributed by atoms with Gasteiger partial charge in [-0.15, -0.1) is 0 Å². The van der Waals surface area contributed by atoms with Gasteiger partial charge in [-0.05, 0) is 50.1 Å². The molecule has 8 heteroatoms. The van der Waals surface area contributed by atoms with Crippen LogP contribution in [-0.2, 0) is 11.2 Å². The molecule has 0 spiro atoms. The zero-order valence-corrected chi connectivity index (χ0v) is 17.2. The summed E-state index contributed by atoms with van der Waals surface area (Å²) in [7, 11) is 1.67. The van der Waals surface area contributed by atoms with Crippen molar-refractivity contribution >= 4 is 17.6 Å². The fourth-order valence-corrected chi connectivity index (χ4v) is 2.60. The number of pyridine rings is 1. The van der Waals surface area contributed by atoms with Gasteiger partial charge in [0, 0.05) is 19.8 Å². The maximum atomic E-state index is 12.0. The number of carbonyl (C=O) groups excluding carboxylic acids is 1. The summed E-state index contributed by atoms with van der Waals surface area (Å²) in [6, 6.07) is 9.49. The first-order chi connectivity index (χ1) is 14.2. The monoisotopic (exact) mass is 399 g/mol. The lowest BCUT2D eigenvalue weighted by atomic mass is 10.1. The van der Waals surface area contributed by atoms with Crippen molar-refractivity contribution in [1.82, 2.24) is 15.6 Å². The molecule has 0 radical (unpaired) electrons. The van der Waals surface area contributed by atoms with Crippen LogP contribution in [0.2, 0.25) is 0 Å². The zero-order valence-electron chi connectivity index (χ0n) is 17.2. The summed E-state index contributed by atoms with van der Waals surface area (Å²) in [4.78, 5) is 20.1. The van der Waals surface area contributed by atoms with E-state index in [1.807, 2.05) is 32.0 Å². The first-order valence-electron chi connectivity index (χ1n) is 9.69. The Kier molecular flexibility index (Phi) is 9.28. The SMILES string of the molecule is CCOc1ccc(CCNC(=NC)NCC(=O)Nc2cccnc2)cc1OCC. The second-order valence-electron chi connectivity index (χ2n) is 6.04. The molecule has 0 unspecified atom stereocenters. The summed E-state index contributed by atoms with van der Waals surface area (Å²) in [5, 5.41) is 8.96. The average Bonchev–Trinajstić information content (AvgIpc) is 2.73. The quantitative estimate of drug-likeness (QED) is 0.419. The fourth-order valence-electron chi connectivity index (χ4n) is 2.60. The first kappa shape index (κ1) is 22.0. The Morgan fingerprint density at radius 1 is 1.10 bits per heavy atom. The lowest BCUT2D eigenvalue weighted by Crippen LogP contribution is -2.42. The summed E-state index contributed by atoms with van der Waals surface area (Å²) >= 11 is 0. The highest BCUT2D eigenvalue weighted by Gasteiger charge is 2.07. The summed E-state index contributed by atoms with van der Waals surface area (Å²) < 4.78 is 11.3. The third-order valence-corrected chi connectivity index (χ3v) is 3.90. The standard InChI is InChI=1S/C21H29N5O3/c1-4-28-18-9-8-16(13-19(18)29-5-2)10-12-24-21(22-3)25-15-20(27)26-17-7-6-11-23-14-17/h6-9,11,13-14H,4-5,10,12,15H2,1-3H3,(H,26,27)(H2,22,24,25). The van der Waals surface area contributed by atoms with Gasteiger partial charge in [-0.3, -0.25) is 14.8 Å². The van der Waals surface area contributed by atoms with Crippen molar-refractivity contribution in [2.24, 2.45) is 4.99 Å². The molecule has 0 aliphatic heterocycles. The average molecular weight is 399 g/mol. The topological polar surface area (TPSA) is 96.9 Å². The molecule has 0 aliphatic rings. The van der Waals surface area contributed by atoms with Crippen molar-refractivity contribution in [1.29, 1.82) is 0 Å². The third-order valence-electron chi connectivity index (χ3n) is 3.90. The summed E-state index contributed by atoms with van der Waals surface area (Å²) in [5.74, 6) is 1.89. The highest BCUT2D eigenvalue weighted by Crippen LogP contribution is 2.28. The fraction of sp³-hybridized carbons (Fsp3) is 0.381. The van der Waals surface area contributed by atoms with E-state index < -0.39 is 0 Å². The van der Waals surface area contributed by atoms with E-state index in [0.29, 0.717) is 31.4 Å². The molecule has 1 amide bonds. The number of anilines is 1. The van der Waals surface area contributed by atoms with Gasteiger partial charge in [-0.25, -0.2) is 0 Å². The van der Waals surface area contributed by atoms with E-state index in [2.05, 4.69) is 25.9 Å². The summed E-state index contributed by atoms with van der Waals surface area (Å²) in [6.07, 6.45) is 4.02. The number of carbonyl (C=O) groups is 1. The molecule has 156 valence electrons. The molecule has 1 aromatic heterocycles. The molecule has 0 fully saturated rings. The van der Waals surface area contributed by atoms with Gasteiger partial charge in [0.15, 0.2) is 17.5 Å². The van der Waals surface area contributed by atoms with E-state index in [0.717, 1.165) is 23.5 Å². The minimum atomic E-state index is -0.172. The minimum Gasteiger partial charge on any atom is -0.490 e. The van der Waals surface area contributed by atoms with Crippen molar-refractivity contribution in [2.45, 2.75) is 20.3 Å². The van der Waals surface area contributed by atoms with Gasteiger partial charge >= 0.3 is 0 Å². The van der Waals surface area contributed by atoms with Gasteiger partial charge in [0.05, 0.1) is 31.6 Å². The Morgan fingerprint density at radius 2 is 1.90 bits per heavy atom. The normalized spacial score (nSPS) is 10.9. The largest absolute Gasteiger partial charge is 0.490 e. The molecular weight excluding hydrogens is 370 g/mol. The smallest absolute Gasteiger partial charge is 0.243 e. The number of nitrogens with zero attached hydrogens (tertiary/aromatic N) is 2. The van der Waals surface area contributed by atoms with Crippen LogP contribution in [0.3, 0.4) is 0 Å². The molecule has 1 aromatic carbocycles. The van der Waals surface area contributed by atoms with Gasteiger partial charge in [0.1, 0.15) is 0 Å². The molecule has 0 saturated carbocycles. The van der Waals surface area contributed by atoms with Crippen molar-refractivity contribution < 1.29 is 14.3 Å². The number of nitrogens with one attached hydrogen (secondary N) is 3. The van der Waals surface area contributed by atoms with Gasteiger partial charge in [0.25, 0.3) is 0 Å². The highest BCUT2D eigenvalue weighted by molar-refractivity contribution is 5.94. The van der Waals surface area contributed by atoms with Crippen LogP contribution < -0.4 is 25.4 Å². The predicted molar refractivity (Wildman–Crippen MR) is 115 cm³/mol. The number of hydrogen-bond donors (Lipinski definition) is 3. The number of aliphatic imine (C=N–C) groups is 1. The minimum absolute atomic E-state index is 0.103. The van der Waals surface area contributed by atoms with E-state index in [9.17, 15) is 4.79 Å². The maximum Gasteiger partial charge on any atom is 0.243 e. The van der Waals surface area contributed by atoms with Crippen LogP contribution in [0.25, 0.3) is 0 Å². The van der Waals surface area contributed by atoms with E-state index in [-0.39, 0.29) is 12.5 Å². The van der Waals surface area contributed by atoms with Crippen LogP contribution in [0, 0.1) is 0 Å². The van der Waals surface area contributed by atoms with Crippen molar-refractivity contribution in [3.8, 4) is 11.5 Å². The third kappa shape index (κ3) is 7.69. The molecule has 0 aliphatic carbocycles. The lowest BCUT2D eigenvalue weighted by molar-refractivity contribution is -0.115. The molecule has 8 nitrogen and oxygen atoms in total. The van der Waals surface area contributed by atoms with Crippen molar-refractivity contribution in [3.05, 3.63) is 48.3 Å². The summed E-state index contributed by atoms with van der Waals surface area (Å²) in [6.45, 7) is 5.83. The number of rotatable bonds is 10. The van der Waals surface area contributed by atoms with Crippen LogP contribution in [0.15, 0.2) is 47.7 Å². The molecular formula is C21H29N5O3. The van der Waals surface area contributed by atoms with Crippen LogP contribution in [0.4, 0.5) is 5.69 Å². The Labute approximate surface area is 171 Å². The highest BCUT2D eigenvalue weighted by atomic mass is 16.5. The second kappa shape index (κ2) is 12.2. The van der Waals surface area contributed by atoms with E-state index in [4.69, 9.17) is 9.47 Å². The molecule has 29 heavy (non-hydrogen) atoms. The van der Waals surface area contributed by atoms with Gasteiger partial charge in [-0.2, -0.15) is 0 Å². The Hall–Kier alpha value is -3.29. The van der Waals surface area contributed by atoms with E-state index in [1.54, 1.807) is 31.6 Å². The number of aromatic nitrogens is 1. The number of ether oxygens (including phenoxy) is 2. The number of amides is 1. The molecule has 0 bridgehead atoms. The lowest BCUT2D eigenvalue weighted by Gasteiger charge is -2.14. The van der Waals surface area contributed by atoms with Crippen LogP contribution in [0.5, 0.6) is 11.5 Å². The maximum absolute atomic E-state index is 12.0. The van der Waals surface area contributed by atoms with Crippen LogP contribution in [0.1, 0.15) is 19.4 Å². The Bertz CT molecular complexity index is 796. The van der Waals surface area contributed by atoms with Crippen molar-refractivity contribution in [2.75, 3.05) is 38.7 Å². The molecule has 0 atom stereocenters. The Morgan fingerprint density at radius 3 is 2.59 bits per heavy atom. The first-order valence-corrected chi connectivity index (χ1v) is 9.69.